The molecule has 1 saturated heterocycles. The lowest BCUT2D eigenvalue weighted by molar-refractivity contribution is -0.0929. The first kappa shape index (κ1) is 12.1. The number of hydrogen-bond acceptors (Lipinski definition) is 4. The van der Waals surface area contributed by atoms with Crippen molar-refractivity contribution in [2.75, 3.05) is 32.9 Å². The topological polar surface area (TPSA) is 50.4 Å². The zero-order valence-corrected chi connectivity index (χ0v) is 10.9. The normalized spacial score (nSPS) is 25.1. The van der Waals surface area contributed by atoms with Crippen molar-refractivity contribution in [1.29, 1.82) is 0 Å². The van der Waals surface area contributed by atoms with Gasteiger partial charge in [-0.15, -0.1) is 0 Å². The summed E-state index contributed by atoms with van der Waals surface area (Å²) in [6.07, 6.45) is 2.40. The van der Waals surface area contributed by atoms with Gasteiger partial charge in [-0.1, -0.05) is 0 Å². The third-order valence-electron chi connectivity index (χ3n) is 3.68. The summed E-state index contributed by atoms with van der Waals surface area (Å²) in [6, 6.07) is 0. The highest BCUT2D eigenvalue weighted by molar-refractivity contribution is 5.17. The van der Waals surface area contributed by atoms with Crippen LogP contribution in [0.15, 0.2) is 0 Å². The van der Waals surface area contributed by atoms with E-state index < -0.39 is 0 Å². The minimum Gasteiger partial charge on any atom is -0.376 e. The minimum atomic E-state index is 0.281. The smallest absolute Gasteiger partial charge is 0.103 e. The summed E-state index contributed by atoms with van der Waals surface area (Å²) in [5.74, 6) is 1.03. The summed E-state index contributed by atoms with van der Waals surface area (Å²) in [6.45, 7) is 7.43. The maximum atomic E-state index is 5.67. The first-order valence-corrected chi connectivity index (χ1v) is 6.77. The van der Waals surface area contributed by atoms with Crippen LogP contribution in [0.2, 0.25) is 0 Å². The van der Waals surface area contributed by atoms with Crippen molar-refractivity contribution in [1.82, 2.24) is 14.9 Å². The average molecular weight is 251 g/mol. The van der Waals surface area contributed by atoms with Crippen LogP contribution in [0.4, 0.5) is 0 Å². The van der Waals surface area contributed by atoms with Gasteiger partial charge in [-0.25, -0.2) is 4.98 Å². The molecule has 1 aromatic heterocycles. The largest absolute Gasteiger partial charge is 0.376 e. The van der Waals surface area contributed by atoms with Crippen LogP contribution in [-0.4, -0.2) is 53.9 Å². The van der Waals surface area contributed by atoms with Crippen molar-refractivity contribution in [3.8, 4) is 0 Å². The second-order valence-corrected chi connectivity index (χ2v) is 5.13. The Kier molecular flexibility index (Phi) is 3.63. The molecule has 0 aliphatic carbocycles. The monoisotopic (exact) mass is 251 g/mol. The van der Waals surface area contributed by atoms with Crippen molar-refractivity contribution < 1.29 is 9.47 Å². The van der Waals surface area contributed by atoms with Gasteiger partial charge in [0.05, 0.1) is 37.3 Å². The zero-order chi connectivity index (χ0) is 12.4. The Hall–Kier alpha value is -0.910. The number of nitrogens with zero attached hydrogens (tertiary/aromatic N) is 2. The number of fused-ring (bicyclic) bond motifs is 1. The lowest BCUT2D eigenvalue weighted by Crippen LogP contribution is -2.36. The van der Waals surface area contributed by atoms with E-state index in [1.165, 1.54) is 11.4 Å². The Bertz CT molecular complexity index is 399. The molecule has 1 aromatic rings. The molecular formula is C13H21N3O2. The Morgan fingerprint density at radius 1 is 1.44 bits per heavy atom. The van der Waals surface area contributed by atoms with E-state index in [1.807, 2.05) is 6.92 Å². The number of aryl methyl sites for hydroxylation is 1. The lowest BCUT2D eigenvalue weighted by Gasteiger charge is -2.29. The Labute approximate surface area is 107 Å². The molecule has 0 bridgehead atoms. The number of H-pyrrole nitrogens is 1. The molecule has 18 heavy (non-hydrogen) atoms. The van der Waals surface area contributed by atoms with Crippen molar-refractivity contribution in [3.05, 3.63) is 17.2 Å². The molecule has 2 aliphatic heterocycles. The van der Waals surface area contributed by atoms with Gasteiger partial charge < -0.3 is 14.5 Å². The van der Waals surface area contributed by atoms with Crippen LogP contribution in [0, 0.1) is 6.92 Å². The summed E-state index contributed by atoms with van der Waals surface area (Å²) in [7, 11) is 0. The molecule has 1 unspecified atom stereocenters. The highest BCUT2D eigenvalue weighted by Gasteiger charge is 2.21. The fraction of sp³-hybridized carbons (Fsp3) is 0.769. The number of aromatic nitrogens is 2. The van der Waals surface area contributed by atoms with E-state index >= 15 is 0 Å². The number of imidazole rings is 1. The van der Waals surface area contributed by atoms with Gasteiger partial charge in [-0.05, 0) is 13.3 Å². The SMILES string of the molecule is Cc1nc2c([nH]1)CN(CCC1COCCO1)CC2. The fourth-order valence-electron chi connectivity index (χ4n) is 2.71. The molecule has 3 heterocycles. The molecule has 100 valence electrons. The van der Waals surface area contributed by atoms with E-state index in [1.54, 1.807) is 0 Å². The number of hydrogen-bond donors (Lipinski definition) is 1. The predicted octanol–water partition coefficient (Wildman–Crippen LogP) is 0.882. The molecule has 2 aliphatic rings. The summed E-state index contributed by atoms with van der Waals surface area (Å²) in [5, 5.41) is 0. The molecular weight excluding hydrogens is 230 g/mol. The van der Waals surface area contributed by atoms with Crippen LogP contribution in [0.5, 0.6) is 0 Å². The van der Waals surface area contributed by atoms with Gasteiger partial charge in [0.1, 0.15) is 5.82 Å². The number of ether oxygens (including phenoxy) is 2. The van der Waals surface area contributed by atoms with Crippen molar-refractivity contribution >= 4 is 0 Å². The molecule has 0 aromatic carbocycles. The first-order valence-electron chi connectivity index (χ1n) is 6.77. The summed E-state index contributed by atoms with van der Waals surface area (Å²) in [4.78, 5) is 10.3. The molecule has 1 atom stereocenters. The first-order chi connectivity index (χ1) is 8.81. The lowest BCUT2D eigenvalue weighted by atomic mass is 10.1. The Morgan fingerprint density at radius 3 is 3.22 bits per heavy atom. The van der Waals surface area contributed by atoms with Gasteiger partial charge >= 0.3 is 0 Å². The number of nitrogens with one attached hydrogen (secondary N) is 1. The van der Waals surface area contributed by atoms with E-state index in [2.05, 4.69) is 14.9 Å². The number of rotatable bonds is 3. The van der Waals surface area contributed by atoms with Crippen LogP contribution >= 0.6 is 0 Å². The fourth-order valence-corrected chi connectivity index (χ4v) is 2.71. The van der Waals surface area contributed by atoms with Gasteiger partial charge in [0.15, 0.2) is 0 Å². The molecule has 0 spiro atoms. The van der Waals surface area contributed by atoms with Gasteiger partial charge in [0.25, 0.3) is 0 Å². The van der Waals surface area contributed by atoms with Gasteiger partial charge in [-0.3, -0.25) is 4.90 Å². The molecule has 0 amide bonds. The van der Waals surface area contributed by atoms with E-state index in [-0.39, 0.29) is 6.10 Å². The molecule has 5 heteroatoms. The number of aromatic amines is 1. The van der Waals surface area contributed by atoms with Crippen LogP contribution in [0.25, 0.3) is 0 Å². The molecule has 1 fully saturated rings. The van der Waals surface area contributed by atoms with Crippen molar-refractivity contribution in [3.63, 3.8) is 0 Å². The minimum absolute atomic E-state index is 0.281. The van der Waals surface area contributed by atoms with Gasteiger partial charge in [-0.2, -0.15) is 0 Å². The van der Waals surface area contributed by atoms with Crippen LogP contribution in [0.1, 0.15) is 23.6 Å². The van der Waals surface area contributed by atoms with E-state index in [9.17, 15) is 0 Å². The van der Waals surface area contributed by atoms with E-state index in [0.717, 1.165) is 58.1 Å². The quantitative estimate of drug-likeness (QED) is 0.866. The van der Waals surface area contributed by atoms with Crippen LogP contribution in [0.3, 0.4) is 0 Å². The summed E-state index contributed by atoms with van der Waals surface area (Å²) < 4.78 is 11.1. The van der Waals surface area contributed by atoms with Crippen molar-refractivity contribution in [2.45, 2.75) is 32.4 Å². The molecule has 5 nitrogen and oxygen atoms in total. The van der Waals surface area contributed by atoms with Crippen LogP contribution in [-0.2, 0) is 22.4 Å². The Morgan fingerprint density at radius 2 is 2.39 bits per heavy atom. The second kappa shape index (κ2) is 5.38. The van der Waals surface area contributed by atoms with Gasteiger partial charge in [0.2, 0.25) is 0 Å². The summed E-state index contributed by atoms with van der Waals surface area (Å²) >= 11 is 0. The zero-order valence-electron chi connectivity index (χ0n) is 10.9. The second-order valence-electron chi connectivity index (χ2n) is 5.13. The standard InChI is InChI=1S/C13H21N3O2/c1-10-14-12-3-5-16(8-13(12)15-10)4-2-11-9-17-6-7-18-11/h11H,2-9H2,1H3,(H,14,15). The molecule has 0 saturated carbocycles. The molecule has 0 radical (unpaired) electrons. The molecule has 3 rings (SSSR count). The highest BCUT2D eigenvalue weighted by atomic mass is 16.6. The third kappa shape index (κ3) is 2.74. The Balaban J connectivity index is 1.50. The predicted molar refractivity (Wildman–Crippen MR) is 67.5 cm³/mol. The highest BCUT2D eigenvalue weighted by Crippen LogP contribution is 2.17. The van der Waals surface area contributed by atoms with E-state index in [0.29, 0.717) is 0 Å². The van der Waals surface area contributed by atoms with Crippen LogP contribution < -0.4 is 0 Å². The third-order valence-corrected chi connectivity index (χ3v) is 3.68. The maximum Gasteiger partial charge on any atom is 0.103 e. The maximum absolute atomic E-state index is 5.67. The van der Waals surface area contributed by atoms with Crippen molar-refractivity contribution in [2.24, 2.45) is 0 Å². The average Bonchev–Trinajstić information content (AvgIpc) is 2.77. The van der Waals surface area contributed by atoms with Gasteiger partial charge in [0, 0.05) is 26.1 Å². The summed E-state index contributed by atoms with van der Waals surface area (Å²) in [5.41, 5.74) is 2.54. The van der Waals surface area contributed by atoms with E-state index in [4.69, 9.17) is 9.47 Å². The molecule has 1 N–H and O–H groups in total.